The number of carbonyl (C=O) groups is 3. The summed E-state index contributed by atoms with van der Waals surface area (Å²) in [6.07, 6.45) is 0.210. The average molecular weight is 635 g/mol. The van der Waals surface area contributed by atoms with Crippen LogP contribution in [0.2, 0.25) is 0 Å². The van der Waals surface area contributed by atoms with E-state index in [-0.39, 0.29) is 42.0 Å². The first-order chi connectivity index (χ1) is 21.4. The number of fused-ring (bicyclic) bond motifs is 3. The van der Waals surface area contributed by atoms with Crippen molar-refractivity contribution in [3.63, 3.8) is 0 Å². The maximum absolute atomic E-state index is 14.2. The predicted octanol–water partition coefficient (Wildman–Crippen LogP) is 2.82. The number of nitrogens with two attached hydrogens (primary N) is 1. The Morgan fingerprint density at radius 1 is 1.11 bits per heavy atom. The van der Waals surface area contributed by atoms with Gasteiger partial charge in [-0.05, 0) is 71.3 Å². The molecule has 3 aliphatic carbocycles. The third-order valence-corrected chi connectivity index (χ3v) is 9.04. The van der Waals surface area contributed by atoms with Gasteiger partial charge in [0.1, 0.15) is 34.2 Å². The first-order valence-electron chi connectivity index (χ1n) is 15.1. The first-order valence-corrected chi connectivity index (χ1v) is 15.1. The summed E-state index contributed by atoms with van der Waals surface area (Å²) in [5.74, 6) is -6.22. The Labute approximate surface area is 267 Å². The van der Waals surface area contributed by atoms with Crippen molar-refractivity contribution in [3.05, 3.63) is 63.9 Å². The number of aliphatic hydroxyl groups is 3. The lowest BCUT2D eigenvalue weighted by atomic mass is 9.57. The Morgan fingerprint density at radius 3 is 2.35 bits per heavy atom. The minimum atomic E-state index is -2.70. The van der Waals surface area contributed by atoms with Gasteiger partial charge in [0.25, 0.3) is 5.91 Å². The number of hydrogen-bond donors (Lipinski definition) is 6. The highest BCUT2D eigenvalue weighted by Gasteiger charge is 2.64. The lowest BCUT2D eigenvalue weighted by molar-refractivity contribution is -0.153. The number of aliphatic hydroxyl groups excluding tert-OH is 2. The zero-order valence-electron chi connectivity index (χ0n) is 27.1. The summed E-state index contributed by atoms with van der Waals surface area (Å²) in [6.45, 7) is 6.10. The number of anilines is 2. The van der Waals surface area contributed by atoms with E-state index in [0.29, 0.717) is 17.0 Å². The molecule has 0 aliphatic heterocycles. The van der Waals surface area contributed by atoms with Crippen LogP contribution in [0.3, 0.4) is 0 Å². The fourth-order valence-electron chi connectivity index (χ4n) is 7.10. The number of aromatic hydroxyl groups is 1. The summed E-state index contributed by atoms with van der Waals surface area (Å²) in [4.78, 5) is 43.1. The number of nitrogens with one attached hydrogen (secondary N) is 1. The monoisotopic (exact) mass is 634 g/mol. The zero-order chi connectivity index (χ0) is 34.0. The van der Waals surface area contributed by atoms with Crippen molar-refractivity contribution < 1.29 is 39.5 Å². The van der Waals surface area contributed by atoms with Crippen molar-refractivity contribution in [2.45, 2.75) is 57.4 Å². The van der Waals surface area contributed by atoms with Crippen molar-refractivity contribution in [2.24, 2.45) is 17.6 Å². The molecule has 46 heavy (non-hydrogen) atoms. The molecule has 0 aromatic heterocycles. The number of ether oxygens (including phenoxy) is 1. The van der Waals surface area contributed by atoms with Crippen LogP contribution in [0.1, 0.15) is 43.9 Å². The molecule has 0 spiro atoms. The summed E-state index contributed by atoms with van der Waals surface area (Å²) in [5, 5.41) is 49.5. The molecule has 5 rings (SSSR count). The molecule has 1 saturated carbocycles. The van der Waals surface area contributed by atoms with Gasteiger partial charge in [0, 0.05) is 43.4 Å². The lowest BCUT2D eigenvalue weighted by Gasteiger charge is -2.50. The number of carbonyl (C=O) groups excluding carboxylic acids is 3. The maximum Gasteiger partial charge on any atom is 0.255 e. The molecule has 0 heterocycles. The summed E-state index contributed by atoms with van der Waals surface area (Å²) < 4.78 is 6.11. The molecule has 246 valence electrons. The van der Waals surface area contributed by atoms with Gasteiger partial charge in [-0.2, -0.15) is 0 Å². The van der Waals surface area contributed by atoms with Gasteiger partial charge in [-0.3, -0.25) is 19.3 Å². The Morgan fingerprint density at radius 2 is 1.76 bits per heavy atom. The minimum Gasteiger partial charge on any atom is -0.508 e. The Bertz CT molecular complexity index is 1700. The molecule has 1 fully saturated rings. The molecule has 4 atom stereocenters. The number of Topliss-reactive ketones (excluding diaryl/α,β-unsaturated/α-hetero) is 2. The standard InChI is InChI=1S/C34H42N4O8/c1-33(2,3)46-22-11-9-8-10-16(22)15-36-20-14-21(37(4)5)18-12-17-13-19-26(38(6)7)29(41)25(32(35)44)31(43)34(19,45)30(42)23(17)28(40)24(18)27(20)39/h8-11,14,17,19,26,36,39-40,43,45H,12-13,15H2,1-7H3,(H2,35,44)/t17-,19-,26-,34-/m0/s1. The van der Waals surface area contributed by atoms with E-state index in [1.807, 2.05) is 64.0 Å². The zero-order valence-corrected chi connectivity index (χ0v) is 27.1. The van der Waals surface area contributed by atoms with Gasteiger partial charge >= 0.3 is 0 Å². The van der Waals surface area contributed by atoms with Crippen molar-refractivity contribution in [2.75, 3.05) is 38.4 Å². The van der Waals surface area contributed by atoms with Gasteiger partial charge in [-0.15, -0.1) is 0 Å². The quantitative estimate of drug-likeness (QED) is 0.194. The van der Waals surface area contributed by atoms with Crippen LogP contribution in [-0.4, -0.2) is 88.2 Å². The van der Waals surface area contributed by atoms with E-state index in [4.69, 9.17) is 10.5 Å². The molecule has 0 radical (unpaired) electrons. The van der Waals surface area contributed by atoms with Gasteiger partial charge < -0.3 is 41.1 Å². The smallest absolute Gasteiger partial charge is 0.255 e. The summed E-state index contributed by atoms with van der Waals surface area (Å²) in [7, 11) is 6.77. The van der Waals surface area contributed by atoms with E-state index in [9.17, 15) is 34.8 Å². The second-order valence-electron chi connectivity index (χ2n) is 13.7. The normalized spacial score (nSPS) is 24.4. The van der Waals surface area contributed by atoms with Crippen LogP contribution in [0, 0.1) is 11.8 Å². The summed E-state index contributed by atoms with van der Waals surface area (Å²) >= 11 is 0. The molecule has 7 N–H and O–H groups in total. The molecular weight excluding hydrogens is 592 g/mol. The van der Waals surface area contributed by atoms with E-state index < -0.39 is 63.6 Å². The number of phenolic OH excluding ortho intramolecular Hbond substituents is 1. The minimum absolute atomic E-state index is 0.0178. The number of para-hydroxylation sites is 1. The van der Waals surface area contributed by atoms with Crippen LogP contribution in [0.4, 0.5) is 11.4 Å². The highest BCUT2D eigenvalue weighted by Crippen LogP contribution is 2.54. The molecule has 12 heteroatoms. The van der Waals surface area contributed by atoms with E-state index >= 15 is 0 Å². The fourth-order valence-corrected chi connectivity index (χ4v) is 7.10. The van der Waals surface area contributed by atoms with Crippen LogP contribution in [0.25, 0.3) is 5.76 Å². The number of primary amides is 1. The second-order valence-corrected chi connectivity index (χ2v) is 13.7. The molecule has 0 unspecified atom stereocenters. The van der Waals surface area contributed by atoms with Crippen molar-refractivity contribution in [1.82, 2.24) is 4.90 Å². The molecule has 3 aliphatic rings. The number of likely N-dealkylation sites (N-methyl/N-ethyl adjacent to an activating group) is 1. The molecule has 2 aromatic carbocycles. The average Bonchev–Trinajstić information content (AvgIpc) is 2.94. The number of hydrogen-bond acceptors (Lipinski definition) is 11. The van der Waals surface area contributed by atoms with Crippen LogP contribution in [0.15, 0.2) is 47.2 Å². The van der Waals surface area contributed by atoms with Crippen molar-refractivity contribution in [3.8, 4) is 11.5 Å². The molecule has 1 amide bonds. The van der Waals surface area contributed by atoms with Crippen molar-refractivity contribution in [1.29, 1.82) is 0 Å². The van der Waals surface area contributed by atoms with E-state index in [0.717, 1.165) is 5.56 Å². The van der Waals surface area contributed by atoms with Crippen LogP contribution < -0.4 is 20.7 Å². The Kier molecular flexibility index (Phi) is 8.11. The predicted molar refractivity (Wildman–Crippen MR) is 173 cm³/mol. The first kappa shape index (κ1) is 32.8. The number of amides is 1. The molecule has 0 saturated heterocycles. The molecule has 0 bridgehead atoms. The number of nitrogens with zero attached hydrogens (tertiary/aromatic N) is 2. The summed E-state index contributed by atoms with van der Waals surface area (Å²) in [6, 6.07) is 8.12. The van der Waals surface area contributed by atoms with Gasteiger partial charge in [-0.1, -0.05) is 18.2 Å². The summed E-state index contributed by atoms with van der Waals surface area (Å²) in [5.41, 5.74) is 3.62. The van der Waals surface area contributed by atoms with Crippen LogP contribution in [-0.2, 0) is 27.3 Å². The number of ketones is 2. The third kappa shape index (κ3) is 5.15. The van der Waals surface area contributed by atoms with Crippen molar-refractivity contribution >= 4 is 34.6 Å². The second kappa shape index (κ2) is 11.4. The Hall–Kier alpha value is -4.55. The van der Waals surface area contributed by atoms with Crippen LogP contribution >= 0.6 is 0 Å². The topological polar surface area (TPSA) is 186 Å². The lowest BCUT2D eigenvalue weighted by Crippen LogP contribution is -2.65. The molecular formula is C34H42N4O8. The maximum atomic E-state index is 14.2. The molecule has 12 nitrogen and oxygen atoms in total. The highest BCUT2D eigenvalue weighted by molar-refractivity contribution is 6.24. The van der Waals surface area contributed by atoms with E-state index in [2.05, 4.69) is 5.32 Å². The fraction of sp³-hybridized carbons (Fsp3) is 0.441. The number of phenols is 1. The van der Waals surface area contributed by atoms with Gasteiger partial charge in [-0.25, -0.2) is 0 Å². The SMILES string of the molecule is CN(C)c1cc(NCc2ccccc2OC(C)(C)C)c(O)c2c1C[C@H]1C[C@H]3[C@H](N(C)C)C(=O)C(C(N)=O)=C(O)[C@@]3(O)C(=O)C1=C2O. The van der Waals surface area contributed by atoms with Gasteiger partial charge in [0.2, 0.25) is 5.78 Å². The van der Waals surface area contributed by atoms with Gasteiger partial charge in [0.05, 0.1) is 17.3 Å². The number of benzene rings is 2. The highest BCUT2D eigenvalue weighted by atomic mass is 16.5. The largest absolute Gasteiger partial charge is 0.508 e. The van der Waals surface area contributed by atoms with E-state index in [1.165, 1.54) is 4.90 Å². The molecule has 2 aromatic rings. The van der Waals surface area contributed by atoms with Crippen LogP contribution in [0.5, 0.6) is 11.5 Å². The number of rotatable bonds is 7. The van der Waals surface area contributed by atoms with Gasteiger partial charge in [0.15, 0.2) is 11.4 Å². The van der Waals surface area contributed by atoms with E-state index in [1.54, 1.807) is 20.2 Å². The third-order valence-electron chi connectivity index (χ3n) is 9.04. The Balaban J connectivity index is 1.63.